The van der Waals surface area contributed by atoms with Gasteiger partial charge in [-0.15, -0.1) is 0 Å². The highest BCUT2D eigenvalue weighted by Gasteiger charge is 2.20. The van der Waals surface area contributed by atoms with Crippen molar-refractivity contribution >= 4 is 29.2 Å². The maximum atomic E-state index is 11.4. The van der Waals surface area contributed by atoms with E-state index in [2.05, 4.69) is 22.7 Å². The molecule has 2 rings (SSSR count). The molecule has 0 bridgehead atoms. The van der Waals surface area contributed by atoms with Gasteiger partial charge in [-0.1, -0.05) is 0 Å². The van der Waals surface area contributed by atoms with E-state index in [1.54, 1.807) is 29.0 Å². The lowest BCUT2D eigenvalue weighted by molar-refractivity contribution is -0.385. The highest BCUT2D eigenvalue weighted by molar-refractivity contribution is 7.80. The standard InChI is InChI=1S/C15H17N5O4S/c1-23-13-6-10(12(20(21)22)7-14(13)24-2)9-19-5-3-4-11(19)8-17-18-15(16)25/h3-8H,9H2,1-2H3,(H3,16,18,25)/b17-8+. The van der Waals surface area contributed by atoms with Crippen LogP contribution in [0.5, 0.6) is 11.5 Å². The molecule has 132 valence electrons. The van der Waals surface area contributed by atoms with Gasteiger partial charge in [0.25, 0.3) is 5.69 Å². The Morgan fingerprint density at radius 2 is 2.12 bits per heavy atom. The largest absolute Gasteiger partial charge is 0.493 e. The van der Waals surface area contributed by atoms with E-state index < -0.39 is 4.92 Å². The number of nitro benzene ring substituents is 1. The second kappa shape index (κ2) is 8.11. The number of rotatable bonds is 7. The van der Waals surface area contributed by atoms with E-state index in [0.717, 1.165) is 0 Å². The van der Waals surface area contributed by atoms with Gasteiger partial charge >= 0.3 is 0 Å². The first-order valence-electron chi connectivity index (χ1n) is 7.09. The number of nitro groups is 1. The fourth-order valence-electron chi connectivity index (χ4n) is 2.24. The lowest BCUT2D eigenvalue weighted by Crippen LogP contribution is -2.24. The second-order valence-corrected chi connectivity index (χ2v) is 5.33. The Hall–Kier alpha value is -3.14. The molecule has 0 amide bonds. The first kappa shape index (κ1) is 18.2. The van der Waals surface area contributed by atoms with Crippen LogP contribution in [0.25, 0.3) is 0 Å². The number of methoxy groups -OCH3 is 2. The molecule has 0 aliphatic rings. The molecule has 0 saturated heterocycles. The molecule has 1 heterocycles. The molecule has 9 nitrogen and oxygen atoms in total. The number of ether oxygens (including phenoxy) is 2. The third kappa shape index (κ3) is 4.44. The summed E-state index contributed by atoms with van der Waals surface area (Å²) < 4.78 is 12.1. The molecule has 0 aliphatic carbocycles. The Kier molecular flexibility index (Phi) is 5.90. The summed E-state index contributed by atoms with van der Waals surface area (Å²) in [5.74, 6) is 0.716. The van der Waals surface area contributed by atoms with Gasteiger partial charge in [0.1, 0.15) is 0 Å². The van der Waals surface area contributed by atoms with Crippen LogP contribution >= 0.6 is 12.2 Å². The van der Waals surface area contributed by atoms with Gasteiger partial charge in [0.2, 0.25) is 0 Å². The summed E-state index contributed by atoms with van der Waals surface area (Å²) in [4.78, 5) is 10.9. The minimum atomic E-state index is -0.455. The number of thiocarbonyl (C=S) groups is 1. The zero-order valence-electron chi connectivity index (χ0n) is 13.6. The normalized spacial score (nSPS) is 10.6. The van der Waals surface area contributed by atoms with Gasteiger partial charge in [0, 0.05) is 6.20 Å². The SMILES string of the molecule is COc1cc(Cn2cccc2/C=N/NC(N)=S)c([N+](=O)[O-])cc1OC. The fraction of sp³-hybridized carbons (Fsp3) is 0.200. The van der Waals surface area contributed by atoms with Crippen LogP contribution in [0.1, 0.15) is 11.3 Å². The van der Waals surface area contributed by atoms with Crippen molar-refractivity contribution in [1.82, 2.24) is 9.99 Å². The van der Waals surface area contributed by atoms with Crippen molar-refractivity contribution < 1.29 is 14.4 Å². The number of nitrogens with two attached hydrogens (primary N) is 1. The van der Waals surface area contributed by atoms with E-state index in [4.69, 9.17) is 15.2 Å². The number of benzene rings is 1. The van der Waals surface area contributed by atoms with Crippen LogP contribution in [0.3, 0.4) is 0 Å². The second-order valence-electron chi connectivity index (χ2n) is 4.89. The minimum Gasteiger partial charge on any atom is -0.493 e. The lowest BCUT2D eigenvalue weighted by atomic mass is 10.1. The molecule has 10 heteroatoms. The van der Waals surface area contributed by atoms with E-state index in [9.17, 15) is 10.1 Å². The molecule has 0 fully saturated rings. The van der Waals surface area contributed by atoms with Crippen LogP contribution in [0, 0.1) is 10.1 Å². The molecular formula is C15H17N5O4S. The smallest absolute Gasteiger partial charge is 0.278 e. The third-order valence-corrected chi connectivity index (χ3v) is 3.45. The lowest BCUT2D eigenvalue weighted by Gasteiger charge is -2.12. The number of aromatic nitrogens is 1. The summed E-state index contributed by atoms with van der Waals surface area (Å²) in [5.41, 5.74) is 8.89. The fourth-order valence-corrected chi connectivity index (χ4v) is 2.29. The van der Waals surface area contributed by atoms with Gasteiger partial charge in [-0.2, -0.15) is 5.10 Å². The van der Waals surface area contributed by atoms with E-state index in [0.29, 0.717) is 22.8 Å². The average molecular weight is 363 g/mol. The van der Waals surface area contributed by atoms with E-state index in [-0.39, 0.29) is 17.3 Å². The van der Waals surface area contributed by atoms with E-state index in [1.165, 1.54) is 26.5 Å². The van der Waals surface area contributed by atoms with Crippen LogP contribution in [-0.4, -0.2) is 35.0 Å². The summed E-state index contributed by atoms with van der Waals surface area (Å²) in [6.07, 6.45) is 3.30. The number of nitrogens with zero attached hydrogens (tertiary/aromatic N) is 3. The molecule has 0 atom stereocenters. The quantitative estimate of drug-likeness (QED) is 0.332. The zero-order chi connectivity index (χ0) is 18.4. The van der Waals surface area contributed by atoms with Gasteiger partial charge < -0.3 is 19.8 Å². The molecule has 1 aromatic carbocycles. The minimum absolute atomic E-state index is 0.0462. The van der Waals surface area contributed by atoms with Gasteiger partial charge in [-0.05, 0) is 30.4 Å². The first-order valence-corrected chi connectivity index (χ1v) is 7.50. The van der Waals surface area contributed by atoms with Crippen molar-refractivity contribution in [2.24, 2.45) is 10.8 Å². The maximum absolute atomic E-state index is 11.4. The van der Waals surface area contributed by atoms with Crippen LogP contribution in [-0.2, 0) is 6.54 Å². The van der Waals surface area contributed by atoms with Crippen molar-refractivity contribution in [2.45, 2.75) is 6.54 Å². The van der Waals surface area contributed by atoms with Crippen molar-refractivity contribution in [3.05, 3.63) is 51.8 Å². The molecule has 0 unspecified atom stereocenters. The van der Waals surface area contributed by atoms with Crippen LogP contribution in [0.2, 0.25) is 0 Å². The Morgan fingerprint density at radius 1 is 1.44 bits per heavy atom. The monoisotopic (exact) mass is 363 g/mol. The molecular weight excluding hydrogens is 346 g/mol. The number of hydrogen-bond donors (Lipinski definition) is 2. The van der Waals surface area contributed by atoms with Crippen LogP contribution in [0.4, 0.5) is 5.69 Å². The predicted molar refractivity (Wildman–Crippen MR) is 97.2 cm³/mol. The van der Waals surface area contributed by atoms with Gasteiger partial charge in [-0.25, -0.2) is 0 Å². The van der Waals surface area contributed by atoms with Gasteiger partial charge in [0.15, 0.2) is 16.6 Å². The Bertz CT molecular complexity index is 818. The van der Waals surface area contributed by atoms with E-state index in [1.807, 2.05) is 0 Å². The first-order chi connectivity index (χ1) is 12.0. The Morgan fingerprint density at radius 3 is 2.72 bits per heavy atom. The summed E-state index contributed by atoms with van der Waals surface area (Å²) >= 11 is 4.67. The topological polar surface area (TPSA) is 117 Å². The highest BCUT2D eigenvalue weighted by atomic mass is 32.1. The van der Waals surface area contributed by atoms with Crippen molar-refractivity contribution in [2.75, 3.05) is 14.2 Å². The summed E-state index contributed by atoms with van der Waals surface area (Å²) in [6.45, 7) is 0.248. The van der Waals surface area contributed by atoms with Crippen molar-refractivity contribution in [1.29, 1.82) is 0 Å². The Labute approximate surface area is 149 Å². The van der Waals surface area contributed by atoms with E-state index >= 15 is 0 Å². The number of hydrazone groups is 1. The van der Waals surface area contributed by atoms with Gasteiger partial charge in [-0.3, -0.25) is 15.5 Å². The van der Waals surface area contributed by atoms with Crippen molar-refractivity contribution in [3.8, 4) is 11.5 Å². The summed E-state index contributed by atoms with van der Waals surface area (Å²) in [5, 5.41) is 15.3. The molecule has 2 aromatic rings. The molecule has 3 N–H and O–H groups in total. The third-order valence-electron chi connectivity index (χ3n) is 3.36. The highest BCUT2D eigenvalue weighted by Crippen LogP contribution is 2.34. The summed E-state index contributed by atoms with van der Waals surface area (Å²) in [6, 6.07) is 6.54. The average Bonchev–Trinajstić information content (AvgIpc) is 3.01. The van der Waals surface area contributed by atoms with Crippen LogP contribution < -0.4 is 20.6 Å². The zero-order valence-corrected chi connectivity index (χ0v) is 14.4. The number of hydrogen-bond acceptors (Lipinski definition) is 6. The molecule has 25 heavy (non-hydrogen) atoms. The molecule has 0 aliphatic heterocycles. The van der Waals surface area contributed by atoms with Crippen LogP contribution in [0.15, 0.2) is 35.6 Å². The summed E-state index contributed by atoms with van der Waals surface area (Å²) in [7, 11) is 2.90. The van der Waals surface area contributed by atoms with Crippen molar-refractivity contribution in [3.63, 3.8) is 0 Å². The predicted octanol–water partition coefficient (Wildman–Crippen LogP) is 1.63. The maximum Gasteiger partial charge on any atom is 0.278 e. The molecule has 1 aromatic heterocycles. The molecule has 0 radical (unpaired) electrons. The molecule has 0 saturated carbocycles. The van der Waals surface area contributed by atoms with Gasteiger partial charge in [0.05, 0.1) is 49.2 Å². The number of nitrogens with one attached hydrogen (secondary N) is 1. The molecule has 0 spiro atoms. The Balaban J connectivity index is 2.37.